The van der Waals surface area contributed by atoms with Gasteiger partial charge in [0.25, 0.3) is 0 Å². The van der Waals surface area contributed by atoms with E-state index in [9.17, 15) is 9.90 Å². The zero-order valence-electron chi connectivity index (χ0n) is 15.7. The molecule has 5 heteroatoms. The molecule has 0 radical (unpaired) electrons. The van der Waals surface area contributed by atoms with E-state index in [0.717, 1.165) is 11.1 Å². The Labute approximate surface area is 155 Å². The van der Waals surface area contributed by atoms with E-state index in [4.69, 9.17) is 4.74 Å². The molecule has 0 saturated carbocycles. The van der Waals surface area contributed by atoms with E-state index in [1.54, 1.807) is 0 Å². The number of carbonyl (C=O) groups excluding carboxylic acids is 1. The van der Waals surface area contributed by atoms with E-state index in [1.165, 1.54) is 4.90 Å². The van der Waals surface area contributed by atoms with Gasteiger partial charge in [-0.1, -0.05) is 60.7 Å². The summed E-state index contributed by atoms with van der Waals surface area (Å²) in [5, 5.41) is 13.4. The number of aliphatic hydroxyl groups excluding tert-OH is 1. The fourth-order valence-electron chi connectivity index (χ4n) is 2.44. The topological polar surface area (TPSA) is 61.8 Å². The number of carbonyl (C=O) groups is 1. The summed E-state index contributed by atoms with van der Waals surface area (Å²) in [5.41, 5.74) is 1.46. The van der Waals surface area contributed by atoms with Crippen LogP contribution in [-0.2, 0) is 17.8 Å². The molecule has 140 valence electrons. The Hall–Kier alpha value is -2.37. The summed E-state index contributed by atoms with van der Waals surface area (Å²) in [6.07, 6.45) is -1.30. The predicted molar refractivity (Wildman–Crippen MR) is 102 cm³/mol. The second-order valence-corrected chi connectivity index (χ2v) is 7.23. The number of nitrogens with zero attached hydrogens (tertiary/aromatic N) is 1. The molecule has 1 unspecified atom stereocenters. The maximum absolute atomic E-state index is 12.5. The molecule has 0 aliphatic heterocycles. The molecule has 2 N–H and O–H groups in total. The first-order valence-electron chi connectivity index (χ1n) is 8.81. The van der Waals surface area contributed by atoms with E-state index in [1.807, 2.05) is 81.4 Å². The van der Waals surface area contributed by atoms with Crippen LogP contribution in [0.25, 0.3) is 0 Å². The van der Waals surface area contributed by atoms with Crippen molar-refractivity contribution >= 4 is 6.09 Å². The van der Waals surface area contributed by atoms with Gasteiger partial charge in [0.15, 0.2) is 0 Å². The number of amides is 1. The highest BCUT2D eigenvalue weighted by molar-refractivity contribution is 5.68. The van der Waals surface area contributed by atoms with Crippen molar-refractivity contribution in [2.75, 3.05) is 6.54 Å². The van der Waals surface area contributed by atoms with Crippen LogP contribution in [0.4, 0.5) is 4.79 Å². The fourth-order valence-corrected chi connectivity index (χ4v) is 2.44. The molecule has 5 nitrogen and oxygen atoms in total. The van der Waals surface area contributed by atoms with Crippen molar-refractivity contribution in [2.45, 2.75) is 45.7 Å². The monoisotopic (exact) mass is 356 g/mol. The number of aliphatic hydroxyl groups is 1. The van der Waals surface area contributed by atoms with Crippen LogP contribution in [-0.4, -0.2) is 34.5 Å². The molecule has 2 aromatic carbocycles. The Morgan fingerprint density at radius 3 is 2.12 bits per heavy atom. The Morgan fingerprint density at radius 1 is 1.04 bits per heavy atom. The lowest BCUT2D eigenvalue weighted by Gasteiger charge is -2.29. The molecule has 1 amide bonds. The number of benzene rings is 2. The van der Waals surface area contributed by atoms with Crippen LogP contribution in [0.15, 0.2) is 60.7 Å². The highest BCUT2D eigenvalue weighted by Gasteiger charge is 2.24. The first-order valence-corrected chi connectivity index (χ1v) is 8.81. The Balaban J connectivity index is 1.98. The number of rotatable bonds is 7. The fraction of sp³-hybridized carbons (Fsp3) is 0.381. The number of ether oxygens (including phenoxy) is 1. The van der Waals surface area contributed by atoms with E-state index in [0.29, 0.717) is 13.1 Å². The second-order valence-electron chi connectivity index (χ2n) is 7.23. The first-order chi connectivity index (χ1) is 12.3. The summed E-state index contributed by atoms with van der Waals surface area (Å²) in [6.45, 7) is 6.52. The van der Waals surface area contributed by atoms with Crippen molar-refractivity contribution < 1.29 is 14.6 Å². The molecule has 0 aromatic heterocycles. The molecular weight excluding hydrogens is 328 g/mol. The average Bonchev–Trinajstić information content (AvgIpc) is 2.60. The molecule has 0 aliphatic rings. The minimum absolute atomic E-state index is 0.136. The smallest absolute Gasteiger partial charge is 0.410 e. The molecule has 0 spiro atoms. The highest BCUT2D eigenvalue weighted by Crippen LogP contribution is 2.13. The summed E-state index contributed by atoms with van der Waals surface area (Å²) >= 11 is 0. The van der Waals surface area contributed by atoms with E-state index in [-0.39, 0.29) is 6.54 Å². The van der Waals surface area contributed by atoms with Gasteiger partial charge in [0, 0.05) is 13.1 Å². The quantitative estimate of drug-likeness (QED) is 0.745. The second kappa shape index (κ2) is 9.36. The van der Waals surface area contributed by atoms with Crippen LogP contribution in [0.1, 0.15) is 31.9 Å². The first kappa shape index (κ1) is 19.9. The van der Waals surface area contributed by atoms with Crippen molar-refractivity contribution in [3.63, 3.8) is 0 Å². The summed E-state index contributed by atoms with van der Waals surface area (Å²) in [5.74, 6) is 0. The Kier molecular flexibility index (Phi) is 7.18. The van der Waals surface area contributed by atoms with Gasteiger partial charge in [-0.15, -0.1) is 0 Å². The van der Waals surface area contributed by atoms with Gasteiger partial charge in [0.1, 0.15) is 11.8 Å². The van der Waals surface area contributed by atoms with Crippen molar-refractivity contribution in [1.29, 1.82) is 0 Å². The molecule has 0 heterocycles. The summed E-state index contributed by atoms with van der Waals surface area (Å²) < 4.78 is 5.48. The summed E-state index contributed by atoms with van der Waals surface area (Å²) in [4.78, 5) is 14.1. The van der Waals surface area contributed by atoms with Crippen LogP contribution < -0.4 is 5.32 Å². The standard InChI is InChI=1S/C21H28N2O3/c1-21(2,3)26-20(25)23(15-18-12-8-5-9-13-18)16-19(24)22-14-17-10-6-4-7-11-17/h4-13,19,22,24H,14-16H2,1-3H3. The lowest BCUT2D eigenvalue weighted by Crippen LogP contribution is -2.45. The Morgan fingerprint density at radius 2 is 1.58 bits per heavy atom. The lowest BCUT2D eigenvalue weighted by molar-refractivity contribution is 0.00843. The van der Waals surface area contributed by atoms with Gasteiger partial charge in [0.05, 0.1) is 6.54 Å². The Bertz CT molecular complexity index is 669. The average molecular weight is 356 g/mol. The normalized spacial score (nSPS) is 12.5. The SMILES string of the molecule is CC(C)(C)OC(=O)N(Cc1ccccc1)CC(O)NCc1ccccc1. The highest BCUT2D eigenvalue weighted by atomic mass is 16.6. The van der Waals surface area contributed by atoms with Crippen molar-refractivity contribution in [3.05, 3.63) is 71.8 Å². The third kappa shape index (κ3) is 7.25. The molecule has 26 heavy (non-hydrogen) atoms. The largest absolute Gasteiger partial charge is 0.444 e. The van der Waals surface area contributed by atoms with E-state index >= 15 is 0 Å². The summed E-state index contributed by atoms with van der Waals surface area (Å²) in [7, 11) is 0. The zero-order chi connectivity index (χ0) is 19.0. The molecular formula is C21H28N2O3. The van der Waals surface area contributed by atoms with Crippen LogP contribution in [0, 0.1) is 0 Å². The maximum Gasteiger partial charge on any atom is 0.410 e. The molecule has 0 bridgehead atoms. The van der Waals surface area contributed by atoms with Crippen molar-refractivity contribution in [3.8, 4) is 0 Å². The predicted octanol–water partition coefficient (Wildman–Crippen LogP) is 3.53. The van der Waals surface area contributed by atoms with Crippen LogP contribution in [0.2, 0.25) is 0 Å². The third-order valence-electron chi connectivity index (χ3n) is 3.65. The minimum atomic E-state index is -0.855. The van der Waals surface area contributed by atoms with Gasteiger partial charge in [-0.2, -0.15) is 0 Å². The molecule has 2 aromatic rings. The van der Waals surface area contributed by atoms with Crippen molar-refractivity contribution in [1.82, 2.24) is 10.2 Å². The van der Waals surface area contributed by atoms with E-state index in [2.05, 4.69) is 5.32 Å². The number of hydrogen-bond donors (Lipinski definition) is 2. The number of hydrogen-bond acceptors (Lipinski definition) is 4. The van der Waals surface area contributed by atoms with Gasteiger partial charge in [-0.25, -0.2) is 4.79 Å². The molecule has 0 saturated heterocycles. The molecule has 0 aliphatic carbocycles. The summed E-state index contributed by atoms with van der Waals surface area (Å²) in [6, 6.07) is 19.5. The van der Waals surface area contributed by atoms with E-state index < -0.39 is 17.9 Å². The zero-order valence-corrected chi connectivity index (χ0v) is 15.7. The number of nitrogens with one attached hydrogen (secondary N) is 1. The van der Waals surface area contributed by atoms with Gasteiger partial charge in [0.2, 0.25) is 0 Å². The maximum atomic E-state index is 12.5. The van der Waals surface area contributed by atoms with Crippen LogP contribution in [0.5, 0.6) is 0 Å². The molecule has 0 fully saturated rings. The molecule has 1 atom stereocenters. The van der Waals surface area contributed by atoms with Gasteiger partial charge < -0.3 is 9.84 Å². The van der Waals surface area contributed by atoms with Crippen LogP contribution in [0.3, 0.4) is 0 Å². The molecule has 2 rings (SSSR count). The van der Waals surface area contributed by atoms with Gasteiger partial charge >= 0.3 is 6.09 Å². The van der Waals surface area contributed by atoms with Crippen molar-refractivity contribution in [2.24, 2.45) is 0 Å². The third-order valence-corrected chi connectivity index (χ3v) is 3.65. The minimum Gasteiger partial charge on any atom is -0.444 e. The van der Waals surface area contributed by atoms with Gasteiger partial charge in [-0.3, -0.25) is 10.2 Å². The van der Waals surface area contributed by atoms with Crippen LogP contribution >= 0.6 is 0 Å². The van der Waals surface area contributed by atoms with Gasteiger partial charge in [-0.05, 0) is 31.9 Å². The lowest BCUT2D eigenvalue weighted by atomic mass is 10.2.